The van der Waals surface area contributed by atoms with E-state index in [1.54, 1.807) is 6.08 Å². The number of hydrogen-bond donors (Lipinski definition) is 2. The fourth-order valence-electron chi connectivity index (χ4n) is 1.99. The zero-order valence-corrected chi connectivity index (χ0v) is 10.9. The summed E-state index contributed by atoms with van der Waals surface area (Å²) >= 11 is 0. The number of anilines is 1. The predicted octanol–water partition coefficient (Wildman–Crippen LogP) is 1.35. The van der Waals surface area contributed by atoms with Crippen LogP contribution in [0.15, 0.2) is 30.4 Å². The molecule has 1 aliphatic heterocycles. The number of amides is 1. The minimum Gasteiger partial charge on any atom is -0.322 e. The van der Waals surface area contributed by atoms with Gasteiger partial charge >= 0.3 is 0 Å². The standard InChI is InChI=1S/C14H19N3O/c1-17(2)8-4-7-14(18)16-13-6-3-5-11-9-15-10-12(11)13/h3-7,15H,8-10H2,1-2H3,(H,16,18)/b7-4+. The van der Waals surface area contributed by atoms with Crippen LogP contribution >= 0.6 is 0 Å². The van der Waals surface area contributed by atoms with Crippen molar-refractivity contribution in [2.75, 3.05) is 26.0 Å². The molecule has 4 heteroatoms. The van der Waals surface area contributed by atoms with Gasteiger partial charge in [0.15, 0.2) is 0 Å². The third-order valence-electron chi connectivity index (χ3n) is 2.89. The number of likely N-dealkylation sites (N-methyl/N-ethyl adjacent to an activating group) is 1. The maximum Gasteiger partial charge on any atom is 0.248 e. The lowest BCUT2D eigenvalue weighted by Crippen LogP contribution is -2.13. The van der Waals surface area contributed by atoms with Crippen molar-refractivity contribution in [2.24, 2.45) is 0 Å². The summed E-state index contributed by atoms with van der Waals surface area (Å²) in [7, 11) is 3.94. The van der Waals surface area contributed by atoms with E-state index in [1.165, 1.54) is 11.1 Å². The Kier molecular flexibility index (Phi) is 4.12. The normalized spacial score (nSPS) is 14.2. The average Bonchev–Trinajstić information content (AvgIpc) is 2.77. The van der Waals surface area contributed by atoms with E-state index in [4.69, 9.17) is 0 Å². The number of carbonyl (C=O) groups is 1. The van der Waals surface area contributed by atoms with Crippen LogP contribution in [-0.2, 0) is 17.9 Å². The van der Waals surface area contributed by atoms with E-state index in [0.717, 1.165) is 25.3 Å². The van der Waals surface area contributed by atoms with Gasteiger partial charge in [0.25, 0.3) is 0 Å². The second-order valence-corrected chi connectivity index (χ2v) is 4.70. The number of carbonyl (C=O) groups excluding carboxylic acids is 1. The zero-order chi connectivity index (χ0) is 13.0. The number of benzene rings is 1. The topological polar surface area (TPSA) is 44.4 Å². The molecule has 0 unspecified atom stereocenters. The van der Waals surface area contributed by atoms with E-state index in [0.29, 0.717) is 0 Å². The number of rotatable bonds is 4. The number of fused-ring (bicyclic) bond motifs is 1. The molecule has 2 N–H and O–H groups in total. The summed E-state index contributed by atoms with van der Waals surface area (Å²) in [6.45, 7) is 2.48. The molecule has 18 heavy (non-hydrogen) atoms. The second-order valence-electron chi connectivity index (χ2n) is 4.70. The molecule has 1 aromatic rings. The molecule has 0 radical (unpaired) electrons. The third kappa shape index (κ3) is 3.18. The largest absolute Gasteiger partial charge is 0.322 e. The highest BCUT2D eigenvalue weighted by atomic mass is 16.1. The summed E-state index contributed by atoms with van der Waals surface area (Å²) in [5, 5.41) is 6.22. The second kappa shape index (κ2) is 5.80. The van der Waals surface area contributed by atoms with Crippen LogP contribution in [0, 0.1) is 0 Å². The van der Waals surface area contributed by atoms with Crippen LogP contribution < -0.4 is 10.6 Å². The van der Waals surface area contributed by atoms with E-state index in [1.807, 2.05) is 37.2 Å². The molecule has 0 saturated carbocycles. The zero-order valence-electron chi connectivity index (χ0n) is 10.9. The summed E-state index contributed by atoms with van der Waals surface area (Å²) in [6.07, 6.45) is 3.44. The molecule has 0 saturated heterocycles. The Balaban J connectivity index is 2.00. The van der Waals surface area contributed by atoms with Gasteiger partial charge in [-0.3, -0.25) is 4.79 Å². The van der Waals surface area contributed by atoms with Gasteiger partial charge in [0.05, 0.1) is 0 Å². The Morgan fingerprint density at radius 2 is 2.28 bits per heavy atom. The van der Waals surface area contributed by atoms with Crippen LogP contribution in [0.1, 0.15) is 11.1 Å². The van der Waals surface area contributed by atoms with Gasteiger partial charge in [0, 0.05) is 31.4 Å². The van der Waals surface area contributed by atoms with Crippen molar-refractivity contribution in [3.63, 3.8) is 0 Å². The minimum absolute atomic E-state index is 0.0721. The van der Waals surface area contributed by atoms with E-state index >= 15 is 0 Å². The highest BCUT2D eigenvalue weighted by Crippen LogP contribution is 2.23. The molecule has 0 fully saturated rings. The lowest BCUT2D eigenvalue weighted by atomic mass is 10.1. The maximum atomic E-state index is 11.8. The Morgan fingerprint density at radius 1 is 1.44 bits per heavy atom. The molecule has 1 heterocycles. The van der Waals surface area contributed by atoms with Crippen molar-refractivity contribution in [1.82, 2.24) is 10.2 Å². The number of hydrogen-bond acceptors (Lipinski definition) is 3. The van der Waals surface area contributed by atoms with Gasteiger partial charge in [0.1, 0.15) is 0 Å². The monoisotopic (exact) mass is 245 g/mol. The van der Waals surface area contributed by atoms with Gasteiger partial charge in [-0.2, -0.15) is 0 Å². The summed E-state index contributed by atoms with van der Waals surface area (Å²) in [6, 6.07) is 6.02. The molecule has 0 aliphatic carbocycles. The van der Waals surface area contributed by atoms with Crippen LogP contribution in [0.2, 0.25) is 0 Å². The predicted molar refractivity (Wildman–Crippen MR) is 73.3 cm³/mol. The molecule has 1 aromatic carbocycles. The molecular weight excluding hydrogens is 226 g/mol. The molecule has 0 atom stereocenters. The van der Waals surface area contributed by atoms with Gasteiger partial charge in [-0.1, -0.05) is 18.2 Å². The summed E-state index contributed by atoms with van der Waals surface area (Å²) in [5.74, 6) is -0.0721. The van der Waals surface area contributed by atoms with Crippen molar-refractivity contribution >= 4 is 11.6 Å². The molecule has 0 aromatic heterocycles. The smallest absolute Gasteiger partial charge is 0.248 e. The molecule has 2 rings (SSSR count). The summed E-state index contributed by atoms with van der Waals surface area (Å²) in [5.41, 5.74) is 3.38. The van der Waals surface area contributed by atoms with Gasteiger partial charge < -0.3 is 15.5 Å². The first-order valence-electron chi connectivity index (χ1n) is 6.10. The number of nitrogens with zero attached hydrogens (tertiary/aromatic N) is 1. The Labute approximate surface area is 108 Å². The van der Waals surface area contributed by atoms with E-state index in [9.17, 15) is 4.79 Å². The van der Waals surface area contributed by atoms with Crippen LogP contribution in [-0.4, -0.2) is 31.4 Å². The molecule has 96 valence electrons. The summed E-state index contributed by atoms with van der Waals surface area (Å²) < 4.78 is 0. The van der Waals surface area contributed by atoms with Gasteiger partial charge in [-0.25, -0.2) is 0 Å². The Morgan fingerprint density at radius 3 is 3.06 bits per heavy atom. The molecular formula is C14H19N3O. The van der Waals surface area contributed by atoms with Crippen molar-refractivity contribution in [2.45, 2.75) is 13.1 Å². The van der Waals surface area contributed by atoms with Gasteiger partial charge in [0.2, 0.25) is 5.91 Å². The maximum absolute atomic E-state index is 11.8. The van der Waals surface area contributed by atoms with Crippen molar-refractivity contribution in [3.8, 4) is 0 Å². The molecule has 0 bridgehead atoms. The fraction of sp³-hybridized carbons (Fsp3) is 0.357. The molecule has 4 nitrogen and oxygen atoms in total. The first kappa shape index (κ1) is 12.8. The fourth-order valence-corrected chi connectivity index (χ4v) is 1.99. The first-order chi connectivity index (χ1) is 8.66. The van der Waals surface area contributed by atoms with Crippen LogP contribution in [0.5, 0.6) is 0 Å². The van der Waals surface area contributed by atoms with E-state index in [2.05, 4.69) is 16.7 Å². The highest BCUT2D eigenvalue weighted by Gasteiger charge is 2.14. The third-order valence-corrected chi connectivity index (χ3v) is 2.89. The van der Waals surface area contributed by atoms with Crippen LogP contribution in [0.4, 0.5) is 5.69 Å². The van der Waals surface area contributed by atoms with Crippen molar-refractivity contribution < 1.29 is 4.79 Å². The molecule has 1 amide bonds. The Hall–Kier alpha value is -1.65. The molecule has 1 aliphatic rings. The summed E-state index contributed by atoms with van der Waals surface area (Å²) in [4.78, 5) is 13.8. The average molecular weight is 245 g/mol. The molecule has 0 spiro atoms. The SMILES string of the molecule is CN(C)C/C=C/C(=O)Nc1cccc2c1CNC2. The lowest BCUT2D eigenvalue weighted by Gasteiger charge is -2.08. The van der Waals surface area contributed by atoms with Crippen molar-refractivity contribution in [3.05, 3.63) is 41.5 Å². The van der Waals surface area contributed by atoms with Gasteiger partial charge in [-0.05, 0) is 31.3 Å². The van der Waals surface area contributed by atoms with Crippen LogP contribution in [0.3, 0.4) is 0 Å². The first-order valence-corrected chi connectivity index (χ1v) is 6.10. The van der Waals surface area contributed by atoms with Crippen LogP contribution in [0.25, 0.3) is 0 Å². The lowest BCUT2D eigenvalue weighted by molar-refractivity contribution is -0.111. The van der Waals surface area contributed by atoms with E-state index in [-0.39, 0.29) is 5.91 Å². The van der Waals surface area contributed by atoms with E-state index < -0.39 is 0 Å². The quantitative estimate of drug-likeness (QED) is 0.787. The minimum atomic E-state index is -0.0721. The van der Waals surface area contributed by atoms with Crippen molar-refractivity contribution in [1.29, 1.82) is 0 Å². The van der Waals surface area contributed by atoms with Gasteiger partial charge in [-0.15, -0.1) is 0 Å². The Bertz CT molecular complexity index is 466. The highest BCUT2D eigenvalue weighted by molar-refractivity contribution is 5.99. The number of nitrogens with one attached hydrogen (secondary N) is 2.